The predicted octanol–water partition coefficient (Wildman–Crippen LogP) is 3.84. The van der Waals surface area contributed by atoms with Gasteiger partial charge in [-0.3, -0.25) is 4.79 Å². The standard InChI is InChI=1S/C22H21N3O3/c23-13-21(26)25-17-7-11-22(24-14-17)27-18-8-10-20-16(12-18)6-9-19(28-20)15-4-2-1-3-5-15/h1-5,7-8,10-12,14,19H,6,9,13,23H2,(H,25,26). The van der Waals surface area contributed by atoms with E-state index in [0.29, 0.717) is 17.3 Å². The van der Waals surface area contributed by atoms with Crippen LogP contribution in [-0.2, 0) is 11.2 Å². The molecule has 4 rings (SSSR count). The molecule has 0 saturated heterocycles. The van der Waals surface area contributed by atoms with Crippen molar-refractivity contribution in [1.29, 1.82) is 0 Å². The summed E-state index contributed by atoms with van der Waals surface area (Å²) in [5.74, 6) is 1.77. The quantitative estimate of drug-likeness (QED) is 0.708. The number of amides is 1. The Morgan fingerprint density at radius 3 is 2.79 bits per heavy atom. The van der Waals surface area contributed by atoms with E-state index < -0.39 is 0 Å². The molecule has 0 saturated carbocycles. The van der Waals surface area contributed by atoms with E-state index in [4.69, 9.17) is 15.2 Å². The van der Waals surface area contributed by atoms with Crippen LogP contribution in [0, 0.1) is 0 Å². The van der Waals surface area contributed by atoms with Gasteiger partial charge in [-0.2, -0.15) is 0 Å². The maximum Gasteiger partial charge on any atom is 0.238 e. The third kappa shape index (κ3) is 4.13. The average Bonchev–Trinajstić information content (AvgIpc) is 2.75. The molecule has 28 heavy (non-hydrogen) atoms. The van der Waals surface area contributed by atoms with E-state index in [9.17, 15) is 4.79 Å². The lowest BCUT2D eigenvalue weighted by Gasteiger charge is -2.26. The van der Waals surface area contributed by atoms with Crippen LogP contribution >= 0.6 is 0 Å². The number of hydrogen-bond donors (Lipinski definition) is 2. The molecule has 0 spiro atoms. The molecule has 2 aromatic carbocycles. The van der Waals surface area contributed by atoms with Gasteiger partial charge in [0.05, 0.1) is 18.4 Å². The number of pyridine rings is 1. The maximum atomic E-state index is 11.3. The molecule has 6 heteroatoms. The van der Waals surface area contributed by atoms with Crippen molar-refractivity contribution in [3.8, 4) is 17.4 Å². The van der Waals surface area contributed by atoms with Crippen LogP contribution in [0.5, 0.6) is 17.4 Å². The van der Waals surface area contributed by atoms with Gasteiger partial charge in [0.1, 0.15) is 17.6 Å². The lowest BCUT2D eigenvalue weighted by Crippen LogP contribution is -2.21. The van der Waals surface area contributed by atoms with Crippen molar-refractivity contribution in [2.75, 3.05) is 11.9 Å². The van der Waals surface area contributed by atoms with E-state index >= 15 is 0 Å². The Labute approximate surface area is 163 Å². The monoisotopic (exact) mass is 375 g/mol. The van der Waals surface area contributed by atoms with Gasteiger partial charge in [-0.1, -0.05) is 30.3 Å². The van der Waals surface area contributed by atoms with Crippen molar-refractivity contribution in [1.82, 2.24) is 4.98 Å². The Morgan fingerprint density at radius 1 is 1.18 bits per heavy atom. The molecule has 1 aliphatic rings. The highest BCUT2D eigenvalue weighted by Gasteiger charge is 2.21. The number of fused-ring (bicyclic) bond motifs is 1. The highest BCUT2D eigenvalue weighted by molar-refractivity contribution is 5.91. The van der Waals surface area contributed by atoms with Gasteiger partial charge in [0.2, 0.25) is 11.8 Å². The van der Waals surface area contributed by atoms with E-state index in [1.807, 2.05) is 36.4 Å². The van der Waals surface area contributed by atoms with Crippen LogP contribution in [-0.4, -0.2) is 17.4 Å². The van der Waals surface area contributed by atoms with Crippen LogP contribution < -0.4 is 20.5 Å². The molecule has 142 valence electrons. The summed E-state index contributed by atoms with van der Waals surface area (Å²) in [6, 6.07) is 19.5. The minimum atomic E-state index is -0.265. The van der Waals surface area contributed by atoms with Crippen LogP contribution in [0.4, 0.5) is 5.69 Å². The van der Waals surface area contributed by atoms with E-state index in [1.165, 1.54) is 11.8 Å². The minimum absolute atomic E-state index is 0.0689. The van der Waals surface area contributed by atoms with Gasteiger partial charge < -0.3 is 20.5 Å². The van der Waals surface area contributed by atoms with E-state index in [2.05, 4.69) is 22.4 Å². The highest BCUT2D eigenvalue weighted by Crippen LogP contribution is 2.37. The summed E-state index contributed by atoms with van der Waals surface area (Å²) in [6.07, 6.45) is 3.46. The van der Waals surface area contributed by atoms with Gasteiger partial charge in [-0.25, -0.2) is 4.98 Å². The van der Waals surface area contributed by atoms with Crippen LogP contribution in [0.25, 0.3) is 0 Å². The zero-order chi connectivity index (χ0) is 19.3. The molecule has 1 unspecified atom stereocenters. The highest BCUT2D eigenvalue weighted by atomic mass is 16.5. The second kappa shape index (κ2) is 8.10. The first-order chi connectivity index (χ1) is 13.7. The molecule has 1 atom stereocenters. The summed E-state index contributed by atoms with van der Waals surface area (Å²) in [6.45, 7) is -0.0689. The van der Waals surface area contributed by atoms with Gasteiger partial charge in [0, 0.05) is 6.07 Å². The summed E-state index contributed by atoms with van der Waals surface area (Å²) >= 11 is 0. The van der Waals surface area contributed by atoms with Crippen LogP contribution in [0.3, 0.4) is 0 Å². The molecule has 0 bridgehead atoms. The molecular formula is C22H21N3O3. The van der Waals surface area contributed by atoms with Gasteiger partial charge in [0.15, 0.2) is 0 Å². The zero-order valence-electron chi connectivity index (χ0n) is 15.3. The molecule has 0 fully saturated rings. The normalized spacial score (nSPS) is 15.2. The topological polar surface area (TPSA) is 86.5 Å². The molecule has 0 radical (unpaired) electrons. The number of nitrogens with one attached hydrogen (secondary N) is 1. The minimum Gasteiger partial charge on any atom is -0.485 e. The van der Waals surface area contributed by atoms with E-state index in [-0.39, 0.29) is 18.6 Å². The summed E-state index contributed by atoms with van der Waals surface area (Å²) in [4.78, 5) is 15.5. The predicted molar refractivity (Wildman–Crippen MR) is 107 cm³/mol. The Kier molecular flexibility index (Phi) is 5.21. The number of carbonyl (C=O) groups is 1. The first-order valence-corrected chi connectivity index (χ1v) is 9.19. The molecule has 1 aliphatic heterocycles. The number of nitrogens with two attached hydrogens (primary N) is 1. The fourth-order valence-corrected chi connectivity index (χ4v) is 3.18. The summed E-state index contributed by atoms with van der Waals surface area (Å²) < 4.78 is 12.0. The van der Waals surface area contributed by atoms with Crippen molar-refractivity contribution in [2.45, 2.75) is 18.9 Å². The number of aryl methyl sites for hydroxylation is 1. The van der Waals surface area contributed by atoms with Crippen molar-refractivity contribution < 1.29 is 14.3 Å². The SMILES string of the molecule is NCC(=O)Nc1ccc(Oc2ccc3c(c2)CCC(c2ccccc2)O3)nc1. The average molecular weight is 375 g/mol. The lowest BCUT2D eigenvalue weighted by atomic mass is 9.97. The number of benzene rings is 2. The van der Waals surface area contributed by atoms with Crippen molar-refractivity contribution in [3.63, 3.8) is 0 Å². The van der Waals surface area contributed by atoms with Crippen molar-refractivity contribution in [3.05, 3.63) is 78.0 Å². The lowest BCUT2D eigenvalue weighted by molar-refractivity contribution is -0.114. The largest absolute Gasteiger partial charge is 0.485 e. The van der Waals surface area contributed by atoms with E-state index in [1.54, 1.807) is 12.1 Å². The van der Waals surface area contributed by atoms with E-state index in [0.717, 1.165) is 24.2 Å². The number of rotatable bonds is 5. The molecule has 2 heterocycles. The number of aromatic nitrogens is 1. The van der Waals surface area contributed by atoms with Crippen LogP contribution in [0.1, 0.15) is 23.7 Å². The zero-order valence-corrected chi connectivity index (χ0v) is 15.3. The number of carbonyl (C=O) groups excluding carboxylic acids is 1. The van der Waals surface area contributed by atoms with Gasteiger partial charge in [0.25, 0.3) is 0 Å². The molecule has 3 aromatic rings. The van der Waals surface area contributed by atoms with Gasteiger partial charge in [-0.05, 0) is 48.2 Å². The van der Waals surface area contributed by atoms with Gasteiger partial charge in [-0.15, -0.1) is 0 Å². The third-order valence-corrected chi connectivity index (χ3v) is 4.58. The van der Waals surface area contributed by atoms with Crippen molar-refractivity contribution in [2.24, 2.45) is 5.73 Å². The smallest absolute Gasteiger partial charge is 0.238 e. The number of anilines is 1. The Hall–Kier alpha value is -3.38. The number of ether oxygens (including phenoxy) is 2. The Morgan fingerprint density at radius 2 is 2.04 bits per heavy atom. The summed E-state index contributed by atoms with van der Waals surface area (Å²) in [5, 5.41) is 2.64. The number of nitrogens with zero attached hydrogens (tertiary/aromatic N) is 1. The van der Waals surface area contributed by atoms with Gasteiger partial charge >= 0.3 is 0 Å². The molecule has 0 aliphatic carbocycles. The molecule has 3 N–H and O–H groups in total. The maximum absolute atomic E-state index is 11.3. The van der Waals surface area contributed by atoms with Crippen molar-refractivity contribution >= 4 is 11.6 Å². The first-order valence-electron chi connectivity index (χ1n) is 9.19. The fraction of sp³-hybridized carbons (Fsp3) is 0.182. The summed E-state index contributed by atoms with van der Waals surface area (Å²) in [7, 11) is 0. The molecule has 1 amide bonds. The summed E-state index contributed by atoms with van der Waals surface area (Å²) in [5.41, 5.74) is 8.18. The Bertz CT molecular complexity index is 959. The van der Waals surface area contributed by atoms with Crippen LogP contribution in [0.15, 0.2) is 66.9 Å². The third-order valence-electron chi connectivity index (χ3n) is 4.58. The molecule has 1 aromatic heterocycles. The Balaban J connectivity index is 1.43. The fourth-order valence-electron chi connectivity index (χ4n) is 3.18. The second-order valence-corrected chi connectivity index (χ2v) is 6.56. The molecule has 6 nitrogen and oxygen atoms in total. The van der Waals surface area contributed by atoms with Crippen LogP contribution in [0.2, 0.25) is 0 Å². The molecular weight excluding hydrogens is 354 g/mol. The second-order valence-electron chi connectivity index (χ2n) is 6.56. The number of hydrogen-bond acceptors (Lipinski definition) is 5. The first kappa shape index (κ1) is 18.0.